The van der Waals surface area contributed by atoms with E-state index in [4.69, 9.17) is 0 Å². The van der Waals surface area contributed by atoms with Crippen LogP contribution in [-0.4, -0.2) is 22.3 Å². The van der Waals surface area contributed by atoms with Crippen LogP contribution in [0.3, 0.4) is 0 Å². The van der Waals surface area contributed by atoms with E-state index >= 15 is 0 Å². The molecule has 1 saturated carbocycles. The number of carbonyl (C=O) groups is 1. The van der Waals surface area contributed by atoms with E-state index in [1.54, 1.807) is 0 Å². The molecule has 0 radical (unpaired) electrons. The molecule has 112 valence electrons. The fourth-order valence-corrected chi connectivity index (χ4v) is 3.53. The van der Waals surface area contributed by atoms with Crippen molar-refractivity contribution in [3.05, 3.63) is 65.0 Å². The lowest BCUT2D eigenvalue weighted by molar-refractivity contribution is -0.132. The molecule has 22 heavy (non-hydrogen) atoms. The quantitative estimate of drug-likeness (QED) is 0.852. The molecule has 1 aliphatic carbocycles. The number of carbonyl (C=O) groups excluding carboxylic acids is 1. The lowest BCUT2D eigenvalue weighted by Gasteiger charge is -2.35. The molecule has 1 aromatic carbocycles. The minimum absolute atomic E-state index is 0.214. The van der Waals surface area contributed by atoms with Crippen LogP contribution in [0.5, 0.6) is 0 Å². The van der Waals surface area contributed by atoms with E-state index in [-0.39, 0.29) is 11.3 Å². The molecule has 0 N–H and O–H groups in total. The first-order valence-corrected chi connectivity index (χ1v) is 7.94. The zero-order valence-electron chi connectivity index (χ0n) is 12.9. The minimum atomic E-state index is 0.214. The molecule has 1 spiro atoms. The summed E-state index contributed by atoms with van der Waals surface area (Å²) in [5.74, 6) is 0.214. The summed E-state index contributed by atoms with van der Waals surface area (Å²) >= 11 is 0. The molecule has 0 bridgehead atoms. The first-order valence-electron chi connectivity index (χ1n) is 7.94. The van der Waals surface area contributed by atoms with Crippen molar-refractivity contribution in [3.8, 4) is 0 Å². The second-order valence-corrected chi connectivity index (χ2v) is 6.67. The van der Waals surface area contributed by atoms with Crippen LogP contribution in [0.15, 0.2) is 42.6 Å². The number of fused-ring (bicyclic) bond motifs is 2. The summed E-state index contributed by atoms with van der Waals surface area (Å²) in [4.78, 5) is 19.0. The first-order chi connectivity index (χ1) is 10.7. The molecule has 0 atom stereocenters. The zero-order valence-corrected chi connectivity index (χ0v) is 12.9. The van der Waals surface area contributed by atoms with Gasteiger partial charge in [-0.2, -0.15) is 0 Å². The number of benzene rings is 1. The fourth-order valence-electron chi connectivity index (χ4n) is 3.53. The maximum Gasteiger partial charge on any atom is 0.227 e. The number of hydrogen-bond acceptors (Lipinski definition) is 2. The Morgan fingerprint density at radius 2 is 2.05 bits per heavy atom. The monoisotopic (exact) mass is 292 g/mol. The molecule has 0 saturated heterocycles. The minimum Gasteiger partial charge on any atom is -0.337 e. The normalized spacial score (nSPS) is 18.1. The van der Waals surface area contributed by atoms with Crippen LogP contribution in [0.4, 0.5) is 0 Å². The summed E-state index contributed by atoms with van der Waals surface area (Å²) < 4.78 is 0. The highest BCUT2D eigenvalue weighted by molar-refractivity contribution is 5.79. The van der Waals surface area contributed by atoms with Gasteiger partial charge in [0.05, 0.1) is 6.42 Å². The van der Waals surface area contributed by atoms with E-state index in [1.807, 2.05) is 30.2 Å². The molecule has 0 unspecified atom stereocenters. The Hall–Kier alpha value is -2.16. The average molecular weight is 292 g/mol. The van der Waals surface area contributed by atoms with Gasteiger partial charge in [0.15, 0.2) is 0 Å². The molecular weight excluding hydrogens is 272 g/mol. The second-order valence-electron chi connectivity index (χ2n) is 6.67. The smallest absolute Gasteiger partial charge is 0.227 e. The van der Waals surface area contributed by atoms with Crippen molar-refractivity contribution in [2.24, 2.45) is 0 Å². The number of hydrogen-bond donors (Lipinski definition) is 0. The largest absolute Gasteiger partial charge is 0.337 e. The third-order valence-electron chi connectivity index (χ3n) is 4.98. The van der Waals surface area contributed by atoms with Crippen molar-refractivity contribution in [3.63, 3.8) is 0 Å². The van der Waals surface area contributed by atoms with Gasteiger partial charge in [0, 0.05) is 30.4 Å². The van der Waals surface area contributed by atoms with Gasteiger partial charge in [-0.1, -0.05) is 30.3 Å². The maximum absolute atomic E-state index is 12.7. The molecule has 2 aromatic rings. The maximum atomic E-state index is 12.7. The molecule has 1 fully saturated rings. The Bertz CT molecular complexity index is 716. The Balaban J connectivity index is 1.54. The molecular formula is C19H20N2O. The number of pyridine rings is 1. The van der Waals surface area contributed by atoms with Crippen molar-refractivity contribution in [1.29, 1.82) is 0 Å². The lowest BCUT2D eigenvalue weighted by Crippen LogP contribution is -2.42. The van der Waals surface area contributed by atoms with Crippen molar-refractivity contribution in [2.75, 3.05) is 6.54 Å². The van der Waals surface area contributed by atoms with Gasteiger partial charge in [-0.25, -0.2) is 0 Å². The number of aromatic nitrogens is 1. The Morgan fingerprint density at radius 1 is 1.23 bits per heavy atom. The van der Waals surface area contributed by atoms with Gasteiger partial charge in [0.25, 0.3) is 0 Å². The van der Waals surface area contributed by atoms with Crippen LogP contribution in [0, 0.1) is 6.92 Å². The third kappa shape index (κ3) is 2.31. The van der Waals surface area contributed by atoms with Crippen LogP contribution < -0.4 is 0 Å². The molecule has 2 heterocycles. The van der Waals surface area contributed by atoms with Gasteiger partial charge in [-0.3, -0.25) is 9.78 Å². The van der Waals surface area contributed by atoms with Gasteiger partial charge < -0.3 is 4.90 Å². The second kappa shape index (κ2) is 4.94. The zero-order chi connectivity index (χ0) is 15.2. The molecule has 4 rings (SSSR count). The van der Waals surface area contributed by atoms with E-state index in [9.17, 15) is 4.79 Å². The first kappa shape index (κ1) is 13.5. The van der Waals surface area contributed by atoms with E-state index < -0.39 is 0 Å². The molecule has 3 heteroatoms. The summed E-state index contributed by atoms with van der Waals surface area (Å²) in [6.07, 6.45) is 4.68. The SMILES string of the molecule is Cc1ccc(CC(=O)N2Cc3ccccc3C3(CC3)C2)cn1. The van der Waals surface area contributed by atoms with Crippen LogP contribution in [0.25, 0.3) is 0 Å². The topological polar surface area (TPSA) is 33.2 Å². The van der Waals surface area contributed by atoms with Crippen LogP contribution in [0.1, 0.15) is 35.2 Å². The summed E-state index contributed by atoms with van der Waals surface area (Å²) in [6.45, 7) is 3.59. The number of nitrogens with zero attached hydrogens (tertiary/aromatic N) is 2. The average Bonchev–Trinajstić information content (AvgIpc) is 3.29. The van der Waals surface area contributed by atoms with Crippen molar-refractivity contribution < 1.29 is 4.79 Å². The Kier molecular flexibility index (Phi) is 3.03. The molecule has 1 aromatic heterocycles. The summed E-state index contributed by atoms with van der Waals surface area (Å²) in [5, 5.41) is 0. The van der Waals surface area contributed by atoms with Gasteiger partial charge in [0.2, 0.25) is 5.91 Å². The molecule has 1 aliphatic heterocycles. The summed E-state index contributed by atoms with van der Waals surface area (Å²) in [7, 11) is 0. The molecule has 2 aliphatic rings. The van der Waals surface area contributed by atoms with Gasteiger partial charge in [0.1, 0.15) is 0 Å². The molecule has 3 nitrogen and oxygen atoms in total. The summed E-state index contributed by atoms with van der Waals surface area (Å²) in [6, 6.07) is 12.6. The number of aryl methyl sites for hydroxylation is 1. The predicted molar refractivity (Wildman–Crippen MR) is 85.4 cm³/mol. The highest BCUT2D eigenvalue weighted by atomic mass is 16.2. The lowest BCUT2D eigenvalue weighted by atomic mass is 9.87. The molecule has 1 amide bonds. The Morgan fingerprint density at radius 3 is 2.77 bits per heavy atom. The van der Waals surface area contributed by atoms with Crippen LogP contribution in [-0.2, 0) is 23.2 Å². The van der Waals surface area contributed by atoms with E-state index in [0.717, 1.165) is 24.3 Å². The standard InChI is InChI=1S/C19H20N2O/c1-14-6-7-15(11-20-14)10-18(22)21-12-16-4-2-3-5-17(16)19(13-21)8-9-19/h2-7,11H,8-10,12-13H2,1H3. The highest BCUT2D eigenvalue weighted by Gasteiger charge is 2.49. The van der Waals surface area contributed by atoms with E-state index in [1.165, 1.54) is 24.0 Å². The van der Waals surface area contributed by atoms with Crippen molar-refractivity contribution in [2.45, 2.75) is 38.1 Å². The fraction of sp³-hybridized carbons (Fsp3) is 0.368. The summed E-state index contributed by atoms with van der Waals surface area (Å²) in [5.41, 5.74) is 5.02. The van der Waals surface area contributed by atoms with Crippen molar-refractivity contribution in [1.82, 2.24) is 9.88 Å². The Labute approximate surface area is 131 Å². The van der Waals surface area contributed by atoms with Gasteiger partial charge in [-0.05, 0) is 42.5 Å². The highest BCUT2D eigenvalue weighted by Crippen LogP contribution is 2.52. The van der Waals surface area contributed by atoms with Gasteiger partial charge >= 0.3 is 0 Å². The van der Waals surface area contributed by atoms with Gasteiger partial charge in [-0.15, -0.1) is 0 Å². The third-order valence-corrected chi connectivity index (χ3v) is 4.98. The van der Waals surface area contributed by atoms with E-state index in [2.05, 4.69) is 29.2 Å². The van der Waals surface area contributed by atoms with E-state index in [0.29, 0.717) is 6.42 Å². The van der Waals surface area contributed by atoms with Crippen LogP contribution in [0.2, 0.25) is 0 Å². The van der Waals surface area contributed by atoms with Crippen LogP contribution >= 0.6 is 0 Å². The van der Waals surface area contributed by atoms with Crippen molar-refractivity contribution >= 4 is 5.91 Å². The number of rotatable bonds is 2. The predicted octanol–water partition coefficient (Wildman–Crippen LogP) is 3.01. The number of amides is 1.